The molecule has 2 nitrogen and oxygen atoms in total. The summed E-state index contributed by atoms with van der Waals surface area (Å²) in [6.07, 6.45) is -0.844. The second-order valence-electron chi connectivity index (χ2n) is 3.43. The fourth-order valence-corrected chi connectivity index (χ4v) is 2.29. The van der Waals surface area contributed by atoms with E-state index in [1.807, 2.05) is 6.92 Å². The Morgan fingerprint density at radius 3 is 2.27 bits per heavy atom. The van der Waals surface area contributed by atoms with E-state index in [1.54, 1.807) is 18.2 Å². The molecule has 0 spiro atoms. The van der Waals surface area contributed by atoms with Crippen LogP contribution in [0.3, 0.4) is 0 Å². The van der Waals surface area contributed by atoms with E-state index >= 15 is 0 Å². The number of rotatable bonds is 1. The van der Waals surface area contributed by atoms with Crippen molar-refractivity contribution in [2.75, 3.05) is 0 Å². The third-order valence-electron chi connectivity index (χ3n) is 2.33. The standard InChI is InChI=1S/C11H11Cl2O2/c1-6-11(15-7(2)14-6)10-8(12)4-3-5-9(10)13/h3-7,11H,1H2,2H3/t6-,7?,11+/m1/s1. The van der Waals surface area contributed by atoms with Crippen LogP contribution in [0, 0.1) is 6.92 Å². The molecule has 0 aliphatic carbocycles. The zero-order valence-electron chi connectivity index (χ0n) is 8.24. The molecule has 0 N–H and O–H groups in total. The third kappa shape index (κ3) is 2.13. The molecule has 1 fully saturated rings. The van der Waals surface area contributed by atoms with Crippen molar-refractivity contribution in [1.82, 2.24) is 0 Å². The van der Waals surface area contributed by atoms with E-state index in [1.165, 1.54) is 0 Å². The fourth-order valence-electron chi connectivity index (χ4n) is 1.68. The Morgan fingerprint density at radius 2 is 1.80 bits per heavy atom. The first-order valence-electron chi connectivity index (χ1n) is 4.67. The minimum atomic E-state index is -0.291. The molecule has 1 aliphatic heterocycles. The van der Waals surface area contributed by atoms with E-state index in [2.05, 4.69) is 6.92 Å². The van der Waals surface area contributed by atoms with Crippen LogP contribution >= 0.6 is 23.2 Å². The Labute approximate surface area is 99.1 Å². The van der Waals surface area contributed by atoms with Crippen molar-refractivity contribution >= 4 is 23.2 Å². The number of halogens is 2. The van der Waals surface area contributed by atoms with Gasteiger partial charge < -0.3 is 9.47 Å². The molecule has 1 radical (unpaired) electrons. The van der Waals surface area contributed by atoms with Gasteiger partial charge in [-0.15, -0.1) is 0 Å². The van der Waals surface area contributed by atoms with Crippen molar-refractivity contribution < 1.29 is 9.47 Å². The van der Waals surface area contributed by atoms with Crippen LogP contribution in [0.15, 0.2) is 18.2 Å². The summed E-state index contributed by atoms with van der Waals surface area (Å²) in [5, 5.41) is 1.16. The molecule has 0 bridgehead atoms. The van der Waals surface area contributed by atoms with Gasteiger partial charge in [-0.3, -0.25) is 0 Å². The second kappa shape index (κ2) is 4.30. The summed E-state index contributed by atoms with van der Waals surface area (Å²) in [7, 11) is 0. The Balaban J connectivity index is 2.37. The summed E-state index contributed by atoms with van der Waals surface area (Å²) >= 11 is 12.1. The summed E-state index contributed by atoms with van der Waals surface area (Å²) < 4.78 is 11.0. The second-order valence-corrected chi connectivity index (χ2v) is 4.25. The Morgan fingerprint density at radius 1 is 1.20 bits per heavy atom. The van der Waals surface area contributed by atoms with E-state index in [0.717, 1.165) is 5.56 Å². The quantitative estimate of drug-likeness (QED) is 0.753. The van der Waals surface area contributed by atoms with Crippen LogP contribution in [0.2, 0.25) is 10.0 Å². The van der Waals surface area contributed by atoms with E-state index in [4.69, 9.17) is 32.7 Å². The molecule has 1 aliphatic rings. The molecule has 0 amide bonds. The van der Waals surface area contributed by atoms with Crippen molar-refractivity contribution in [3.63, 3.8) is 0 Å². The minimum absolute atomic E-state index is 0.273. The van der Waals surface area contributed by atoms with Crippen LogP contribution in [-0.2, 0) is 9.47 Å². The van der Waals surface area contributed by atoms with Gasteiger partial charge >= 0.3 is 0 Å². The predicted octanol–water partition coefficient (Wildman–Crippen LogP) is 3.63. The van der Waals surface area contributed by atoms with Gasteiger partial charge in [0, 0.05) is 15.6 Å². The molecule has 1 saturated heterocycles. The van der Waals surface area contributed by atoms with Crippen LogP contribution in [-0.4, -0.2) is 12.4 Å². The van der Waals surface area contributed by atoms with Crippen molar-refractivity contribution in [3.05, 3.63) is 40.7 Å². The van der Waals surface area contributed by atoms with Gasteiger partial charge in [-0.2, -0.15) is 0 Å². The van der Waals surface area contributed by atoms with E-state index in [-0.39, 0.29) is 18.5 Å². The molecule has 1 aromatic carbocycles. The summed E-state index contributed by atoms with van der Waals surface area (Å²) in [5.74, 6) is 0. The first-order valence-corrected chi connectivity index (χ1v) is 5.43. The predicted molar refractivity (Wildman–Crippen MR) is 60.0 cm³/mol. The molecule has 15 heavy (non-hydrogen) atoms. The van der Waals surface area contributed by atoms with Gasteiger partial charge in [0.2, 0.25) is 0 Å². The highest BCUT2D eigenvalue weighted by atomic mass is 35.5. The molecule has 1 aromatic rings. The van der Waals surface area contributed by atoms with E-state index in [9.17, 15) is 0 Å². The zero-order chi connectivity index (χ0) is 11.0. The summed E-state index contributed by atoms with van der Waals surface area (Å²) in [4.78, 5) is 0. The average molecular weight is 246 g/mol. The van der Waals surface area contributed by atoms with E-state index < -0.39 is 0 Å². The van der Waals surface area contributed by atoms with Crippen LogP contribution in [0.4, 0.5) is 0 Å². The van der Waals surface area contributed by atoms with Gasteiger partial charge in [-0.25, -0.2) is 0 Å². The summed E-state index contributed by atoms with van der Waals surface area (Å²) in [5.41, 5.74) is 0.755. The number of ether oxygens (including phenoxy) is 2. The number of hydrogen-bond acceptors (Lipinski definition) is 2. The first kappa shape index (κ1) is 11.2. The maximum absolute atomic E-state index is 6.07. The van der Waals surface area contributed by atoms with Gasteiger partial charge in [0.15, 0.2) is 6.29 Å². The van der Waals surface area contributed by atoms with Crippen LogP contribution in [0.5, 0.6) is 0 Å². The smallest absolute Gasteiger partial charge is 0.156 e. The maximum atomic E-state index is 6.07. The molecular formula is C11H11Cl2O2. The number of hydrogen-bond donors (Lipinski definition) is 0. The SMILES string of the molecule is [CH2][C@H]1OC(C)O[C@@H]1c1c(Cl)cccc1Cl. The highest BCUT2D eigenvalue weighted by Crippen LogP contribution is 2.39. The van der Waals surface area contributed by atoms with Crippen molar-refractivity contribution in [1.29, 1.82) is 0 Å². The van der Waals surface area contributed by atoms with E-state index in [0.29, 0.717) is 10.0 Å². The molecule has 3 atom stereocenters. The zero-order valence-corrected chi connectivity index (χ0v) is 9.76. The fraction of sp³-hybridized carbons (Fsp3) is 0.364. The summed E-state index contributed by atoms with van der Waals surface area (Å²) in [6, 6.07) is 5.36. The molecule has 81 valence electrons. The normalized spacial score (nSPS) is 30.8. The maximum Gasteiger partial charge on any atom is 0.156 e. The van der Waals surface area contributed by atoms with Crippen molar-refractivity contribution in [3.8, 4) is 0 Å². The Hall–Kier alpha value is -0.280. The van der Waals surface area contributed by atoms with Crippen molar-refractivity contribution in [2.24, 2.45) is 0 Å². The Bertz CT molecular complexity index is 347. The van der Waals surface area contributed by atoms with Gasteiger partial charge in [0.25, 0.3) is 0 Å². The van der Waals surface area contributed by atoms with Gasteiger partial charge in [0.1, 0.15) is 6.10 Å². The lowest BCUT2D eigenvalue weighted by molar-refractivity contribution is -0.0474. The van der Waals surface area contributed by atoms with Gasteiger partial charge in [-0.1, -0.05) is 29.3 Å². The van der Waals surface area contributed by atoms with Crippen LogP contribution in [0.1, 0.15) is 18.6 Å². The van der Waals surface area contributed by atoms with Crippen LogP contribution in [0.25, 0.3) is 0 Å². The molecular weight excluding hydrogens is 235 g/mol. The lowest BCUT2D eigenvalue weighted by Crippen LogP contribution is -2.11. The monoisotopic (exact) mass is 245 g/mol. The van der Waals surface area contributed by atoms with Gasteiger partial charge in [-0.05, 0) is 26.0 Å². The first-order chi connectivity index (χ1) is 7.09. The molecule has 1 unspecified atom stereocenters. The lowest BCUT2D eigenvalue weighted by atomic mass is 10.1. The minimum Gasteiger partial charge on any atom is -0.347 e. The topological polar surface area (TPSA) is 18.5 Å². The molecule has 4 heteroatoms. The largest absolute Gasteiger partial charge is 0.347 e. The molecule has 0 aromatic heterocycles. The molecule has 1 heterocycles. The highest BCUT2D eigenvalue weighted by molar-refractivity contribution is 6.36. The molecule has 0 saturated carbocycles. The van der Waals surface area contributed by atoms with Gasteiger partial charge in [0.05, 0.1) is 6.10 Å². The van der Waals surface area contributed by atoms with Crippen molar-refractivity contribution in [2.45, 2.75) is 25.4 Å². The Kier molecular flexibility index (Phi) is 3.21. The summed E-state index contributed by atoms with van der Waals surface area (Å²) in [6.45, 7) is 5.69. The lowest BCUT2D eigenvalue weighted by Gasteiger charge is -2.16. The number of benzene rings is 1. The molecule has 2 rings (SSSR count). The highest BCUT2D eigenvalue weighted by Gasteiger charge is 2.34. The average Bonchev–Trinajstić information content (AvgIpc) is 2.45. The van der Waals surface area contributed by atoms with Crippen LogP contribution < -0.4 is 0 Å². The third-order valence-corrected chi connectivity index (χ3v) is 2.99.